The van der Waals surface area contributed by atoms with Gasteiger partial charge in [-0.05, 0) is 23.0 Å². The molecule has 1 aromatic rings. The predicted molar refractivity (Wildman–Crippen MR) is 62.4 cm³/mol. The summed E-state index contributed by atoms with van der Waals surface area (Å²) in [4.78, 5) is 0. The summed E-state index contributed by atoms with van der Waals surface area (Å²) in [6.45, 7) is 8.79. The normalized spacial score (nSPS) is 14.1. The van der Waals surface area contributed by atoms with E-state index < -0.39 is 0 Å². The molecular weight excluding hydrogens is 170 g/mol. The third-order valence-corrected chi connectivity index (χ3v) is 2.64. The third kappa shape index (κ3) is 2.58. The van der Waals surface area contributed by atoms with Crippen LogP contribution in [0.2, 0.25) is 0 Å². The Hall–Kier alpha value is -0.820. The minimum atomic E-state index is 0.184. The highest BCUT2D eigenvalue weighted by molar-refractivity contribution is 5.28. The molecule has 0 saturated heterocycles. The van der Waals surface area contributed by atoms with Gasteiger partial charge in [0.1, 0.15) is 0 Å². The lowest BCUT2D eigenvalue weighted by molar-refractivity contribution is 0.589. The first-order valence-corrected chi connectivity index (χ1v) is 5.31. The van der Waals surface area contributed by atoms with E-state index in [0.717, 1.165) is 6.42 Å². The second-order valence-electron chi connectivity index (χ2n) is 4.89. The van der Waals surface area contributed by atoms with Crippen molar-refractivity contribution < 1.29 is 0 Å². The molecule has 0 heterocycles. The van der Waals surface area contributed by atoms with Crippen molar-refractivity contribution in [3.05, 3.63) is 35.4 Å². The van der Waals surface area contributed by atoms with Gasteiger partial charge in [-0.15, -0.1) is 0 Å². The molecule has 1 atom stereocenters. The molecule has 1 unspecified atom stereocenters. The Kier molecular flexibility index (Phi) is 3.33. The van der Waals surface area contributed by atoms with Gasteiger partial charge in [0.25, 0.3) is 0 Å². The van der Waals surface area contributed by atoms with Crippen LogP contribution in [0, 0.1) is 0 Å². The highest BCUT2D eigenvalue weighted by atomic mass is 14.6. The van der Waals surface area contributed by atoms with Gasteiger partial charge in [-0.2, -0.15) is 0 Å². The molecule has 78 valence electrons. The van der Waals surface area contributed by atoms with Crippen LogP contribution in [0.15, 0.2) is 24.3 Å². The van der Waals surface area contributed by atoms with E-state index >= 15 is 0 Å². The largest absolute Gasteiger partial charge is 0.324 e. The van der Waals surface area contributed by atoms with Crippen molar-refractivity contribution >= 4 is 0 Å². The maximum atomic E-state index is 5.95. The fraction of sp³-hybridized carbons (Fsp3) is 0.538. The van der Waals surface area contributed by atoms with Crippen LogP contribution in [0.3, 0.4) is 0 Å². The van der Waals surface area contributed by atoms with Crippen molar-refractivity contribution in [3.8, 4) is 0 Å². The van der Waals surface area contributed by atoms with Gasteiger partial charge in [0, 0.05) is 6.04 Å². The van der Waals surface area contributed by atoms with Crippen molar-refractivity contribution in [1.29, 1.82) is 0 Å². The fourth-order valence-electron chi connectivity index (χ4n) is 1.47. The molecule has 0 aliphatic carbocycles. The van der Waals surface area contributed by atoms with E-state index in [1.807, 2.05) is 0 Å². The van der Waals surface area contributed by atoms with Gasteiger partial charge in [-0.3, -0.25) is 0 Å². The molecule has 1 nitrogen and oxygen atoms in total. The zero-order valence-electron chi connectivity index (χ0n) is 9.67. The molecule has 0 saturated carbocycles. The number of benzene rings is 1. The Morgan fingerprint density at radius 1 is 1.14 bits per heavy atom. The quantitative estimate of drug-likeness (QED) is 0.762. The molecular formula is C13H21N. The van der Waals surface area contributed by atoms with E-state index in [0.29, 0.717) is 0 Å². The fourth-order valence-corrected chi connectivity index (χ4v) is 1.47. The lowest BCUT2D eigenvalue weighted by atomic mass is 9.86. The maximum absolute atomic E-state index is 5.95. The van der Waals surface area contributed by atoms with Crippen LogP contribution in [0.25, 0.3) is 0 Å². The number of rotatable bonds is 2. The smallest absolute Gasteiger partial charge is 0.0292 e. The monoisotopic (exact) mass is 191 g/mol. The SMILES string of the molecule is CCC(N)c1ccc(C(C)(C)C)cc1. The molecule has 14 heavy (non-hydrogen) atoms. The summed E-state index contributed by atoms with van der Waals surface area (Å²) in [7, 11) is 0. The van der Waals surface area contributed by atoms with Crippen LogP contribution >= 0.6 is 0 Å². The Balaban J connectivity index is 2.89. The van der Waals surface area contributed by atoms with E-state index in [1.165, 1.54) is 11.1 Å². The van der Waals surface area contributed by atoms with Gasteiger partial charge in [0.15, 0.2) is 0 Å². The van der Waals surface area contributed by atoms with Crippen molar-refractivity contribution in [3.63, 3.8) is 0 Å². The van der Waals surface area contributed by atoms with E-state index in [1.54, 1.807) is 0 Å². The topological polar surface area (TPSA) is 26.0 Å². The van der Waals surface area contributed by atoms with Gasteiger partial charge in [0.2, 0.25) is 0 Å². The summed E-state index contributed by atoms with van der Waals surface area (Å²) >= 11 is 0. The lowest BCUT2D eigenvalue weighted by Gasteiger charge is -2.20. The first-order valence-electron chi connectivity index (χ1n) is 5.31. The van der Waals surface area contributed by atoms with E-state index in [9.17, 15) is 0 Å². The first kappa shape index (κ1) is 11.3. The summed E-state index contributed by atoms with van der Waals surface area (Å²) in [5.74, 6) is 0. The number of hydrogen-bond donors (Lipinski definition) is 1. The van der Waals surface area contributed by atoms with E-state index in [-0.39, 0.29) is 11.5 Å². The lowest BCUT2D eigenvalue weighted by Crippen LogP contribution is -2.12. The highest BCUT2D eigenvalue weighted by Crippen LogP contribution is 2.23. The number of nitrogens with two attached hydrogens (primary N) is 1. The Labute approximate surface area is 87.3 Å². The van der Waals surface area contributed by atoms with Crippen LogP contribution in [0.1, 0.15) is 51.3 Å². The van der Waals surface area contributed by atoms with Gasteiger partial charge in [-0.25, -0.2) is 0 Å². The molecule has 0 aliphatic rings. The van der Waals surface area contributed by atoms with Crippen LogP contribution in [0.4, 0.5) is 0 Å². The minimum absolute atomic E-state index is 0.184. The van der Waals surface area contributed by atoms with Crippen molar-refractivity contribution in [1.82, 2.24) is 0 Å². The average Bonchev–Trinajstić information content (AvgIpc) is 2.15. The summed E-state index contributed by atoms with van der Waals surface area (Å²) in [5.41, 5.74) is 8.79. The second kappa shape index (κ2) is 4.14. The molecule has 0 aromatic heterocycles. The van der Waals surface area contributed by atoms with Gasteiger partial charge in [-0.1, -0.05) is 52.0 Å². The second-order valence-corrected chi connectivity index (χ2v) is 4.89. The molecule has 1 heteroatoms. The van der Waals surface area contributed by atoms with Crippen molar-refractivity contribution in [2.75, 3.05) is 0 Å². The zero-order valence-corrected chi connectivity index (χ0v) is 9.67. The Morgan fingerprint density at radius 3 is 2.00 bits per heavy atom. The zero-order chi connectivity index (χ0) is 10.8. The van der Waals surface area contributed by atoms with Crippen LogP contribution in [-0.2, 0) is 5.41 Å². The van der Waals surface area contributed by atoms with Crippen molar-refractivity contribution in [2.45, 2.75) is 45.6 Å². The molecule has 1 aromatic carbocycles. The third-order valence-electron chi connectivity index (χ3n) is 2.64. The van der Waals surface area contributed by atoms with Gasteiger partial charge in [0.05, 0.1) is 0 Å². The summed E-state index contributed by atoms with van der Waals surface area (Å²) < 4.78 is 0. The first-order chi connectivity index (χ1) is 6.45. The van der Waals surface area contributed by atoms with Gasteiger partial charge >= 0.3 is 0 Å². The Bertz CT molecular complexity index is 279. The molecule has 0 fully saturated rings. The van der Waals surface area contributed by atoms with E-state index in [4.69, 9.17) is 5.73 Å². The molecule has 0 amide bonds. The van der Waals surface area contributed by atoms with Crippen molar-refractivity contribution in [2.24, 2.45) is 5.73 Å². The van der Waals surface area contributed by atoms with Crippen LogP contribution < -0.4 is 5.73 Å². The molecule has 0 spiro atoms. The molecule has 0 aliphatic heterocycles. The standard InChI is InChI=1S/C13H21N/c1-5-12(14)10-6-8-11(9-7-10)13(2,3)4/h6-9,12H,5,14H2,1-4H3. The predicted octanol–water partition coefficient (Wildman–Crippen LogP) is 3.39. The molecule has 0 radical (unpaired) electrons. The number of hydrogen-bond acceptors (Lipinski definition) is 1. The summed E-state index contributed by atoms with van der Waals surface area (Å²) in [6, 6.07) is 8.85. The van der Waals surface area contributed by atoms with Crippen LogP contribution in [-0.4, -0.2) is 0 Å². The van der Waals surface area contributed by atoms with E-state index in [2.05, 4.69) is 52.0 Å². The maximum Gasteiger partial charge on any atom is 0.0292 e. The minimum Gasteiger partial charge on any atom is -0.324 e. The summed E-state index contributed by atoms with van der Waals surface area (Å²) in [6.07, 6.45) is 0.995. The molecule has 1 rings (SSSR count). The Morgan fingerprint density at radius 2 is 1.64 bits per heavy atom. The van der Waals surface area contributed by atoms with Crippen LogP contribution in [0.5, 0.6) is 0 Å². The molecule has 0 bridgehead atoms. The average molecular weight is 191 g/mol. The summed E-state index contributed by atoms with van der Waals surface area (Å²) in [5, 5.41) is 0. The highest BCUT2D eigenvalue weighted by Gasteiger charge is 2.13. The molecule has 2 N–H and O–H groups in total. The van der Waals surface area contributed by atoms with Gasteiger partial charge < -0.3 is 5.73 Å².